The van der Waals surface area contributed by atoms with Crippen molar-refractivity contribution >= 4 is 17.6 Å². The van der Waals surface area contributed by atoms with Crippen molar-refractivity contribution in [3.05, 3.63) is 47.0 Å². The van der Waals surface area contributed by atoms with Crippen LogP contribution in [0.25, 0.3) is 0 Å². The summed E-state index contributed by atoms with van der Waals surface area (Å²) in [7, 11) is 2.76. The summed E-state index contributed by atoms with van der Waals surface area (Å²) < 4.78 is 15.8. The zero-order chi connectivity index (χ0) is 19.3. The fourth-order valence-corrected chi connectivity index (χ4v) is 2.53. The standard InChI is InChI=1S/C19H21NO6/c1-11-5-12(2)7-14(6-11)20-17(21)10-26-18-15(24-3)8-13(19(22)23)9-16(18)25-4/h5-9H,10H2,1-4H3,(H,20,21)(H,22,23). The number of amides is 1. The summed E-state index contributed by atoms with van der Waals surface area (Å²) in [5.41, 5.74) is 2.74. The number of nitrogens with one attached hydrogen (secondary N) is 1. The minimum Gasteiger partial charge on any atom is -0.493 e. The first-order valence-electron chi connectivity index (χ1n) is 7.84. The lowest BCUT2D eigenvalue weighted by molar-refractivity contribution is -0.118. The Bertz CT molecular complexity index is 786. The highest BCUT2D eigenvalue weighted by Gasteiger charge is 2.18. The van der Waals surface area contributed by atoms with Crippen LogP contribution in [-0.4, -0.2) is 37.8 Å². The molecule has 2 aromatic rings. The molecule has 138 valence electrons. The fourth-order valence-electron chi connectivity index (χ4n) is 2.53. The van der Waals surface area contributed by atoms with Gasteiger partial charge >= 0.3 is 5.97 Å². The van der Waals surface area contributed by atoms with Crippen molar-refractivity contribution in [3.63, 3.8) is 0 Å². The van der Waals surface area contributed by atoms with Gasteiger partial charge in [-0.2, -0.15) is 0 Å². The van der Waals surface area contributed by atoms with Gasteiger partial charge in [0.05, 0.1) is 19.8 Å². The maximum Gasteiger partial charge on any atom is 0.335 e. The molecule has 7 nitrogen and oxygen atoms in total. The van der Waals surface area contributed by atoms with Crippen LogP contribution in [0.3, 0.4) is 0 Å². The molecule has 0 aliphatic carbocycles. The van der Waals surface area contributed by atoms with E-state index in [2.05, 4.69) is 5.32 Å². The third-order valence-corrected chi connectivity index (χ3v) is 3.56. The van der Waals surface area contributed by atoms with Gasteiger partial charge in [0, 0.05) is 5.69 Å². The monoisotopic (exact) mass is 359 g/mol. The lowest BCUT2D eigenvalue weighted by Gasteiger charge is -2.15. The summed E-state index contributed by atoms with van der Waals surface area (Å²) in [5, 5.41) is 11.9. The number of aryl methyl sites for hydroxylation is 2. The van der Waals surface area contributed by atoms with E-state index < -0.39 is 5.97 Å². The zero-order valence-corrected chi connectivity index (χ0v) is 15.1. The van der Waals surface area contributed by atoms with E-state index >= 15 is 0 Å². The SMILES string of the molecule is COc1cc(C(=O)O)cc(OC)c1OCC(=O)Nc1cc(C)cc(C)c1. The van der Waals surface area contributed by atoms with Crippen molar-refractivity contribution in [2.75, 3.05) is 26.1 Å². The molecule has 7 heteroatoms. The first kappa shape index (κ1) is 19.1. The predicted octanol–water partition coefficient (Wildman–Crippen LogP) is 3.04. The van der Waals surface area contributed by atoms with E-state index in [1.165, 1.54) is 26.4 Å². The van der Waals surface area contributed by atoms with Gasteiger partial charge in [-0.3, -0.25) is 4.79 Å². The van der Waals surface area contributed by atoms with Gasteiger partial charge in [-0.05, 0) is 49.2 Å². The van der Waals surface area contributed by atoms with Crippen LogP contribution in [0.2, 0.25) is 0 Å². The average Bonchev–Trinajstić information content (AvgIpc) is 2.58. The molecule has 0 aromatic heterocycles. The van der Waals surface area contributed by atoms with Crippen molar-refractivity contribution in [2.45, 2.75) is 13.8 Å². The number of carboxylic acids is 1. The molecule has 0 aliphatic heterocycles. The molecule has 2 rings (SSSR count). The second-order valence-corrected chi connectivity index (χ2v) is 5.73. The summed E-state index contributed by atoms with van der Waals surface area (Å²) in [5.74, 6) is -0.986. The van der Waals surface area contributed by atoms with Crippen LogP contribution in [0.1, 0.15) is 21.5 Å². The van der Waals surface area contributed by atoms with Crippen molar-refractivity contribution in [2.24, 2.45) is 0 Å². The fraction of sp³-hybridized carbons (Fsp3) is 0.263. The van der Waals surface area contributed by atoms with Gasteiger partial charge in [0.2, 0.25) is 5.75 Å². The van der Waals surface area contributed by atoms with Crippen LogP contribution in [0, 0.1) is 13.8 Å². The average molecular weight is 359 g/mol. The highest BCUT2D eigenvalue weighted by molar-refractivity contribution is 5.92. The summed E-state index contributed by atoms with van der Waals surface area (Å²) >= 11 is 0. The van der Waals surface area contributed by atoms with E-state index in [9.17, 15) is 9.59 Å². The van der Waals surface area contributed by atoms with Gasteiger partial charge in [-0.25, -0.2) is 4.79 Å². The minimum atomic E-state index is -1.12. The summed E-state index contributed by atoms with van der Waals surface area (Å²) in [6.07, 6.45) is 0. The number of carbonyl (C=O) groups is 2. The van der Waals surface area contributed by atoms with Gasteiger partial charge in [0.25, 0.3) is 5.91 Å². The number of hydrogen-bond donors (Lipinski definition) is 2. The molecule has 0 spiro atoms. The van der Waals surface area contributed by atoms with E-state index in [1.807, 2.05) is 32.0 Å². The number of anilines is 1. The molecule has 0 radical (unpaired) electrons. The van der Waals surface area contributed by atoms with Crippen LogP contribution in [0.15, 0.2) is 30.3 Å². The number of aromatic carboxylic acids is 1. The van der Waals surface area contributed by atoms with Crippen molar-refractivity contribution in [3.8, 4) is 17.2 Å². The first-order chi connectivity index (χ1) is 12.3. The molecule has 26 heavy (non-hydrogen) atoms. The number of carboxylic acid groups (broad SMARTS) is 1. The van der Waals surface area contributed by atoms with Crippen molar-refractivity contribution in [1.29, 1.82) is 0 Å². The van der Waals surface area contributed by atoms with Crippen LogP contribution < -0.4 is 19.5 Å². The Morgan fingerprint density at radius 2 is 1.50 bits per heavy atom. The molecule has 0 atom stereocenters. The number of carbonyl (C=O) groups excluding carboxylic acids is 1. The van der Waals surface area contributed by atoms with E-state index in [-0.39, 0.29) is 35.3 Å². The highest BCUT2D eigenvalue weighted by atomic mass is 16.5. The van der Waals surface area contributed by atoms with Gasteiger partial charge < -0.3 is 24.6 Å². The Hall–Kier alpha value is -3.22. The number of hydrogen-bond acceptors (Lipinski definition) is 5. The number of benzene rings is 2. The van der Waals surface area contributed by atoms with E-state index in [0.29, 0.717) is 5.69 Å². The molecule has 2 aromatic carbocycles. The second kappa shape index (κ2) is 8.24. The van der Waals surface area contributed by atoms with E-state index in [4.69, 9.17) is 19.3 Å². The highest BCUT2D eigenvalue weighted by Crippen LogP contribution is 2.38. The third kappa shape index (κ3) is 4.66. The predicted molar refractivity (Wildman–Crippen MR) is 96.5 cm³/mol. The van der Waals surface area contributed by atoms with Gasteiger partial charge in [-0.1, -0.05) is 6.07 Å². The van der Waals surface area contributed by atoms with Crippen LogP contribution in [0.5, 0.6) is 17.2 Å². The van der Waals surface area contributed by atoms with Gasteiger partial charge in [-0.15, -0.1) is 0 Å². The molecule has 2 N–H and O–H groups in total. The molecule has 0 saturated heterocycles. The normalized spacial score (nSPS) is 10.2. The molecule has 0 saturated carbocycles. The zero-order valence-electron chi connectivity index (χ0n) is 15.1. The maximum absolute atomic E-state index is 12.2. The maximum atomic E-state index is 12.2. The molecular formula is C19H21NO6. The largest absolute Gasteiger partial charge is 0.493 e. The van der Waals surface area contributed by atoms with Gasteiger partial charge in [0.1, 0.15) is 0 Å². The minimum absolute atomic E-state index is 0.00858. The van der Waals surface area contributed by atoms with Crippen molar-refractivity contribution in [1.82, 2.24) is 0 Å². The molecule has 1 amide bonds. The third-order valence-electron chi connectivity index (χ3n) is 3.56. The summed E-state index contributed by atoms with van der Waals surface area (Å²) in [4.78, 5) is 23.3. The lowest BCUT2D eigenvalue weighted by Crippen LogP contribution is -2.20. The number of methoxy groups -OCH3 is 2. The number of ether oxygens (including phenoxy) is 3. The Morgan fingerprint density at radius 1 is 0.962 bits per heavy atom. The van der Waals surface area contributed by atoms with Crippen LogP contribution in [-0.2, 0) is 4.79 Å². The van der Waals surface area contributed by atoms with Crippen LogP contribution >= 0.6 is 0 Å². The van der Waals surface area contributed by atoms with Crippen molar-refractivity contribution < 1.29 is 28.9 Å². The smallest absolute Gasteiger partial charge is 0.335 e. The Morgan fingerprint density at radius 3 is 1.96 bits per heavy atom. The second-order valence-electron chi connectivity index (χ2n) is 5.73. The number of rotatable bonds is 7. The Balaban J connectivity index is 2.15. The molecule has 0 unspecified atom stereocenters. The van der Waals surface area contributed by atoms with E-state index in [0.717, 1.165) is 11.1 Å². The molecular weight excluding hydrogens is 338 g/mol. The van der Waals surface area contributed by atoms with Gasteiger partial charge in [0.15, 0.2) is 18.1 Å². The topological polar surface area (TPSA) is 94.1 Å². The molecule has 0 bridgehead atoms. The molecule has 0 fully saturated rings. The summed E-state index contributed by atoms with van der Waals surface area (Å²) in [6, 6.07) is 8.33. The van der Waals surface area contributed by atoms with Crippen LogP contribution in [0.4, 0.5) is 5.69 Å². The Labute approximate surface area is 151 Å². The quantitative estimate of drug-likeness (QED) is 0.789. The first-order valence-corrected chi connectivity index (χ1v) is 7.84. The Kier molecular flexibility index (Phi) is 6.06. The lowest BCUT2D eigenvalue weighted by atomic mass is 10.1. The van der Waals surface area contributed by atoms with E-state index in [1.54, 1.807) is 0 Å². The summed E-state index contributed by atoms with van der Waals surface area (Å²) in [6.45, 7) is 3.60. The molecule has 0 aliphatic rings. The molecule has 0 heterocycles.